The molecule has 0 aromatic heterocycles. The molecule has 0 saturated carbocycles. The van der Waals surface area contributed by atoms with Crippen LogP contribution in [0.3, 0.4) is 0 Å². The van der Waals surface area contributed by atoms with Crippen molar-refractivity contribution in [2.45, 2.75) is 6.04 Å². The van der Waals surface area contributed by atoms with E-state index >= 15 is 0 Å². The Balaban J connectivity index is 2.07. The van der Waals surface area contributed by atoms with Crippen LogP contribution in [0.1, 0.15) is 0 Å². The van der Waals surface area contributed by atoms with Gasteiger partial charge in [0.25, 0.3) is 0 Å². The molecule has 1 heterocycles. The first kappa shape index (κ1) is 12.4. The lowest BCUT2D eigenvalue weighted by Gasteiger charge is -2.27. The number of phenols is 1. The molecule has 2 rings (SSSR count). The molecule has 1 fully saturated rings. The Morgan fingerprint density at radius 1 is 1.50 bits per heavy atom. The van der Waals surface area contributed by atoms with E-state index in [2.05, 4.69) is 10.6 Å². The first-order chi connectivity index (χ1) is 8.58. The number of piperazine rings is 1. The number of aromatic hydroxyl groups is 1. The fraction of sp³-hybridized carbons (Fsp3) is 0.333. The monoisotopic (exact) mass is 249 g/mol. The third kappa shape index (κ3) is 2.60. The Hall–Kier alpha value is -2.08. The highest BCUT2D eigenvalue weighted by Gasteiger charge is 2.26. The molecule has 1 aliphatic rings. The standard InChI is InChI=1S/C12H15N3O3/c1-15(8-3-2-4-9(16)5-8)12(18)10-6-14-11(17)7-13-10/h2-5,10,13,16H,6-7H2,1H3,(H,14,17). The van der Waals surface area contributed by atoms with Gasteiger partial charge in [-0.15, -0.1) is 0 Å². The highest BCUT2D eigenvalue weighted by molar-refractivity contribution is 5.98. The molecule has 0 spiro atoms. The molecule has 6 heteroatoms. The minimum atomic E-state index is -0.435. The van der Waals surface area contributed by atoms with Crippen molar-refractivity contribution >= 4 is 17.5 Å². The summed E-state index contributed by atoms with van der Waals surface area (Å²) >= 11 is 0. The molecule has 1 saturated heterocycles. The van der Waals surface area contributed by atoms with E-state index in [1.165, 1.54) is 11.0 Å². The van der Waals surface area contributed by atoms with Crippen LogP contribution in [0.4, 0.5) is 5.69 Å². The molecule has 0 radical (unpaired) electrons. The molecule has 18 heavy (non-hydrogen) atoms. The molecule has 1 aromatic carbocycles. The summed E-state index contributed by atoms with van der Waals surface area (Å²) in [5.74, 6) is -0.156. The number of phenolic OH excluding ortho intramolecular Hbond substituents is 1. The van der Waals surface area contributed by atoms with Crippen molar-refractivity contribution in [1.82, 2.24) is 10.6 Å². The van der Waals surface area contributed by atoms with Gasteiger partial charge in [0.15, 0.2) is 0 Å². The van der Waals surface area contributed by atoms with Gasteiger partial charge < -0.3 is 15.3 Å². The van der Waals surface area contributed by atoms with E-state index in [-0.39, 0.29) is 30.7 Å². The van der Waals surface area contributed by atoms with Crippen molar-refractivity contribution in [3.05, 3.63) is 24.3 Å². The molecule has 1 aliphatic heterocycles. The lowest BCUT2D eigenvalue weighted by Crippen LogP contribution is -2.58. The van der Waals surface area contributed by atoms with Crippen LogP contribution >= 0.6 is 0 Å². The lowest BCUT2D eigenvalue weighted by atomic mass is 10.2. The number of hydrogen-bond donors (Lipinski definition) is 3. The van der Waals surface area contributed by atoms with Crippen molar-refractivity contribution in [2.24, 2.45) is 0 Å². The summed E-state index contributed by atoms with van der Waals surface area (Å²) in [7, 11) is 1.63. The van der Waals surface area contributed by atoms with Crippen LogP contribution in [0.15, 0.2) is 24.3 Å². The number of carbonyl (C=O) groups excluding carboxylic acids is 2. The summed E-state index contributed by atoms with van der Waals surface area (Å²) in [5.41, 5.74) is 0.610. The fourth-order valence-electron chi connectivity index (χ4n) is 1.80. The molecule has 2 amide bonds. The molecule has 3 N–H and O–H groups in total. The van der Waals surface area contributed by atoms with Gasteiger partial charge in [0, 0.05) is 25.3 Å². The third-order valence-electron chi connectivity index (χ3n) is 2.86. The Bertz CT molecular complexity index is 465. The third-order valence-corrected chi connectivity index (χ3v) is 2.86. The Kier molecular flexibility index (Phi) is 3.47. The van der Waals surface area contributed by atoms with Gasteiger partial charge in [-0.05, 0) is 12.1 Å². The summed E-state index contributed by atoms with van der Waals surface area (Å²) in [6, 6.07) is 6.03. The quantitative estimate of drug-likeness (QED) is 0.656. The smallest absolute Gasteiger partial charge is 0.245 e. The number of anilines is 1. The van der Waals surface area contributed by atoms with E-state index in [0.29, 0.717) is 5.69 Å². The van der Waals surface area contributed by atoms with Crippen molar-refractivity contribution < 1.29 is 14.7 Å². The Morgan fingerprint density at radius 3 is 2.89 bits per heavy atom. The zero-order valence-corrected chi connectivity index (χ0v) is 10.0. The summed E-state index contributed by atoms with van der Waals surface area (Å²) in [5, 5.41) is 14.9. The maximum atomic E-state index is 12.1. The van der Waals surface area contributed by atoms with E-state index in [9.17, 15) is 14.7 Å². The Morgan fingerprint density at radius 2 is 2.28 bits per heavy atom. The molecule has 1 unspecified atom stereocenters. The predicted octanol–water partition coefficient (Wildman–Crippen LogP) is -0.557. The van der Waals surface area contributed by atoms with Crippen molar-refractivity contribution in [1.29, 1.82) is 0 Å². The van der Waals surface area contributed by atoms with Crippen molar-refractivity contribution in [3.63, 3.8) is 0 Å². The number of hydrogen-bond acceptors (Lipinski definition) is 4. The number of carbonyl (C=O) groups is 2. The van der Waals surface area contributed by atoms with Crippen LogP contribution in [0.2, 0.25) is 0 Å². The molecule has 1 aromatic rings. The minimum Gasteiger partial charge on any atom is -0.508 e. The predicted molar refractivity (Wildman–Crippen MR) is 66.3 cm³/mol. The van der Waals surface area contributed by atoms with Crippen LogP contribution in [-0.4, -0.2) is 43.1 Å². The first-order valence-electron chi connectivity index (χ1n) is 5.64. The van der Waals surface area contributed by atoms with Gasteiger partial charge in [0.2, 0.25) is 11.8 Å². The average Bonchev–Trinajstić information content (AvgIpc) is 2.38. The van der Waals surface area contributed by atoms with E-state index in [0.717, 1.165) is 0 Å². The molecule has 96 valence electrons. The zero-order chi connectivity index (χ0) is 13.1. The SMILES string of the molecule is CN(C(=O)C1CNC(=O)CN1)c1cccc(O)c1. The van der Waals surface area contributed by atoms with Crippen molar-refractivity contribution in [2.75, 3.05) is 25.0 Å². The van der Waals surface area contributed by atoms with Gasteiger partial charge >= 0.3 is 0 Å². The molecule has 1 atom stereocenters. The molecule has 6 nitrogen and oxygen atoms in total. The van der Waals surface area contributed by atoms with Crippen LogP contribution in [-0.2, 0) is 9.59 Å². The minimum absolute atomic E-state index is 0.108. The number of nitrogens with zero attached hydrogens (tertiary/aromatic N) is 1. The maximum Gasteiger partial charge on any atom is 0.245 e. The van der Waals surface area contributed by atoms with Crippen LogP contribution in [0.5, 0.6) is 5.75 Å². The van der Waals surface area contributed by atoms with Crippen molar-refractivity contribution in [3.8, 4) is 5.75 Å². The lowest BCUT2D eigenvalue weighted by molar-refractivity contribution is -0.125. The molecular formula is C12H15N3O3. The number of likely N-dealkylation sites (N-methyl/N-ethyl adjacent to an activating group) is 1. The van der Waals surface area contributed by atoms with E-state index in [4.69, 9.17) is 0 Å². The second-order valence-corrected chi connectivity index (χ2v) is 4.15. The normalized spacial score (nSPS) is 19.2. The summed E-state index contributed by atoms with van der Waals surface area (Å²) in [6.07, 6.45) is 0. The fourth-order valence-corrected chi connectivity index (χ4v) is 1.80. The van der Waals surface area contributed by atoms with Crippen LogP contribution in [0, 0.1) is 0 Å². The molecule has 0 aliphatic carbocycles. The second-order valence-electron chi connectivity index (χ2n) is 4.15. The van der Waals surface area contributed by atoms with Gasteiger partial charge in [-0.3, -0.25) is 14.9 Å². The van der Waals surface area contributed by atoms with Gasteiger partial charge in [0.05, 0.1) is 6.54 Å². The summed E-state index contributed by atoms with van der Waals surface area (Å²) in [4.78, 5) is 24.6. The zero-order valence-electron chi connectivity index (χ0n) is 10.0. The van der Waals surface area contributed by atoms with Crippen LogP contribution in [0.25, 0.3) is 0 Å². The van der Waals surface area contributed by atoms with E-state index in [1.54, 1.807) is 25.2 Å². The van der Waals surface area contributed by atoms with Gasteiger partial charge in [-0.2, -0.15) is 0 Å². The number of benzene rings is 1. The number of amides is 2. The second kappa shape index (κ2) is 5.05. The maximum absolute atomic E-state index is 12.1. The highest BCUT2D eigenvalue weighted by atomic mass is 16.3. The summed E-state index contributed by atoms with van der Waals surface area (Å²) in [6.45, 7) is 0.422. The first-order valence-corrected chi connectivity index (χ1v) is 5.64. The van der Waals surface area contributed by atoms with Gasteiger partial charge in [0.1, 0.15) is 11.8 Å². The molecule has 0 bridgehead atoms. The van der Waals surface area contributed by atoms with Gasteiger partial charge in [-0.1, -0.05) is 6.07 Å². The number of nitrogens with one attached hydrogen (secondary N) is 2. The van der Waals surface area contributed by atoms with Crippen LogP contribution < -0.4 is 15.5 Å². The topological polar surface area (TPSA) is 81.7 Å². The summed E-state index contributed by atoms with van der Waals surface area (Å²) < 4.78 is 0. The average molecular weight is 249 g/mol. The molecular weight excluding hydrogens is 234 g/mol. The largest absolute Gasteiger partial charge is 0.508 e. The number of rotatable bonds is 2. The van der Waals surface area contributed by atoms with E-state index < -0.39 is 6.04 Å². The highest BCUT2D eigenvalue weighted by Crippen LogP contribution is 2.19. The van der Waals surface area contributed by atoms with E-state index in [1.807, 2.05) is 0 Å². The van der Waals surface area contributed by atoms with Gasteiger partial charge in [-0.25, -0.2) is 0 Å². The Labute approximate surface area is 105 Å².